The number of amides is 1. The molecule has 0 radical (unpaired) electrons. The van der Waals surface area contributed by atoms with Crippen LogP contribution in [0.25, 0.3) is 5.76 Å². The third-order valence-electron chi connectivity index (χ3n) is 6.73. The van der Waals surface area contributed by atoms with E-state index >= 15 is 0 Å². The van der Waals surface area contributed by atoms with Gasteiger partial charge in [0.1, 0.15) is 16.4 Å². The lowest BCUT2D eigenvalue weighted by Crippen LogP contribution is -2.29. The number of Topliss-reactive ketones (excluding diaryl/α,β-unsaturated/α-hetero) is 1. The Balaban J connectivity index is 1.87. The van der Waals surface area contributed by atoms with Gasteiger partial charge in [-0.1, -0.05) is 56.4 Å². The number of ether oxygens (including phenoxy) is 2. The maximum atomic E-state index is 13.5. The van der Waals surface area contributed by atoms with Crippen molar-refractivity contribution < 1.29 is 29.0 Å². The van der Waals surface area contributed by atoms with Crippen molar-refractivity contribution in [1.29, 1.82) is 0 Å². The predicted octanol–water partition coefficient (Wildman–Crippen LogP) is 6.48. The number of esters is 1. The molecule has 3 aromatic rings. The molecule has 0 unspecified atom stereocenters. The van der Waals surface area contributed by atoms with Crippen molar-refractivity contribution in [1.82, 2.24) is 4.98 Å². The number of carbonyl (C=O) groups is 3. The molecular weight excluding hydrogens is 528 g/mol. The smallest absolute Gasteiger partial charge is 0.350 e. The number of hydrogen-bond donors (Lipinski definition) is 1. The summed E-state index contributed by atoms with van der Waals surface area (Å²) in [6.07, 6.45) is 0.855. The van der Waals surface area contributed by atoms with Crippen LogP contribution in [-0.2, 0) is 14.3 Å². The van der Waals surface area contributed by atoms with Gasteiger partial charge in [0, 0.05) is 5.56 Å². The van der Waals surface area contributed by atoms with Gasteiger partial charge in [0.2, 0.25) is 0 Å². The Morgan fingerprint density at radius 2 is 1.80 bits per heavy atom. The van der Waals surface area contributed by atoms with Gasteiger partial charge >= 0.3 is 11.9 Å². The van der Waals surface area contributed by atoms with Crippen molar-refractivity contribution >= 4 is 39.9 Å². The summed E-state index contributed by atoms with van der Waals surface area (Å²) in [4.78, 5) is 45.6. The van der Waals surface area contributed by atoms with E-state index in [1.54, 1.807) is 32.0 Å². The van der Waals surface area contributed by atoms with Crippen molar-refractivity contribution in [2.45, 2.75) is 59.9 Å². The first-order valence-electron chi connectivity index (χ1n) is 13.4. The van der Waals surface area contributed by atoms with Gasteiger partial charge in [-0.05, 0) is 68.0 Å². The first-order chi connectivity index (χ1) is 19.1. The molecular formula is C31H34N2O6S. The lowest BCUT2D eigenvalue weighted by Gasteiger charge is -2.23. The zero-order valence-electron chi connectivity index (χ0n) is 23.6. The third kappa shape index (κ3) is 5.51. The van der Waals surface area contributed by atoms with Crippen molar-refractivity contribution in [3.8, 4) is 5.75 Å². The molecule has 8 nitrogen and oxygen atoms in total. The Kier molecular flexibility index (Phi) is 8.73. The molecule has 9 heteroatoms. The van der Waals surface area contributed by atoms with Crippen LogP contribution in [0, 0.1) is 13.8 Å². The SMILES string of the molecule is CCCOc1ccc(C(O)=C2C(=O)C(=O)N(c3nc(C)c(C(=O)OCC)s3)[C@@H]2c2ccc(C(C)C)cc2)cc1C. The van der Waals surface area contributed by atoms with Crippen LogP contribution in [0.2, 0.25) is 0 Å². The van der Waals surface area contributed by atoms with Crippen LogP contribution in [0.3, 0.4) is 0 Å². The molecule has 1 aromatic heterocycles. The lowest BCUT2D eigenvalue weighted by atomic mass is 9.93. The average Bonchev–Trinajstić information content (AvgIpc) is 3.44. The highest BCUT2D eigenvalue weighted by Gasteiger charge is 2.48. The number of ketones is 1. The van der Waals surface area contributed by atoms with Crippen LogP contribution >= 0.6 is 11.3 Å². The average molecular weight is 563 g/mol. The standard InChI is InChI=1S/C31H34N2O6S/c1-7-15-39-23-14-13-22(16-18(23)5)26(34)24-25(21-11-9-20(10-12-21)17(3)4)33(29(36)27(24)35)31-32-19(6)28(40-31)30(37)38-8-2/h9-14,16-17,25,34H,7-8,15H2,1-6H3/t25-/m1/s1. The molecule has 1 aliphatic rings. The number of hydrogen-bond acceptors (Lipinski definition) is 8. The number of rotatable bonds is 9. The second kappa shape index (κ2) is 12.0. The first kappa shape index (κ1) is 29.0. The van der Waals surface area contributed by atoms with Crippen LogP contribution in [0.1, 0.15) is 83.7 Å². The summed E-state index contributed by atoms with van der Waals surface area (Å²) < 4.78 is 10.9. The minimum atomic E-state index is -0.946. The molecule has 1 aliphatic heterocycles. The Morgan fingerprint density at radius 3 is 2.40 bits per heavy atom. The fourth-order valence-corrected chi connectivity index (χ4v) is 5.59. The second-order valence-corrected chi connectivity index (χ2v) is 10.9. The number of benzene rings is 2. The largest absolute Gasteiger partial charge is 0.507 e. The van der Waals surface area contributed by atoms with E-state index in [1.165, 1.54) is 4.90 Å². The van der Waals surface area contributed by atoms with E-state index in [0.717, 1.165) is 28.9 Å². The number of thiazole rings is 1. The molecule has 0 bridgehead atoms. The Morgan fingerprint density at radius 1 is 1.10 bits per heavy atom. The van der Waals surface area contributed by atoms with Crippen LogP contribution in [0.4, 0.5) is 5.13 Å². The van der Waals surface area contributed by atoms with E-state index in [9.17, 15) is 19.5 Å². The number of anilines is 1. The molecule has 1 fully saturated rings. The van der Waals surface area contributed by atoms with Crippen molar-refractivity contribution in [3.05, 3.63) is 80.9 Å². The highest BCUT2D eigenvalue weighted by Crippen LogP contribution is 2.44. The van der Waals surface area contributed by atoms with E-state index in [0.29, 0.717) is 29.2 Å². The van der Waals surface area contributed by atoms with E-state index in [4.69, 9.17) is 9.47 Å². The summed E-state index contributed by atoms with van der Waals surface area (Å²) >= 11 is 0.985. The van der Waals surface area contributed by atoms with Crippen molar-refractivity contribution in [2.24, 2.45) is 0 Å². The molecule has 2 aromatic carbocycles. The molecule has 210 valence electrons. The first-order valence-corrected chi connectivity index (χ1v) is 14.2. The van der Waals surface area contributed by atoms with Gasteiger partial charge < -0.3 is 14.6 Å². The van der Waals surface area contributed by atoms with Crippen LogP contribution in [0.15, 0.2) is 48.0 Å². The number of aliphatic hydroxyl groups excluding tert-OH is 1. The van der Waals surface area contributed by atoms with Gasteiger partial charge in [0.05, 0.1) is 30.5 Å². The molecule has 2 heterocycles. The molecule has 0 spiro atoms. The molecule has 1 saturated heterocycles. The zero-order chi connectivity index (χ0) is 29.1. The molecule has 40 heavy (non-hydrogen) atoms. The third-order valence-corrected chi connectivity index (χ3v) is 7.86. The Hall–Kier alpha value is -3.98. The Bertz CT molecular complexity index is 1470. The molecule has 1 N–H and O–H groups in total. The van der Waals surface area contributed by atoms with Gasteiger partial charge in [-0.25, -0.2) is 9.78 Å². The maximum absolute atomic E-state index is 13.5. The number of carbonyl (C=O) groups excluding carboxylic acids is 3. The van der Waals surface area contributed by atoms with Crippen molar-refractivity contribution in [3.63, 3.8) is 0 Å². The quantitative estimate of drug-likeness (QED) is 0.138. The molecule has 4 rings (SSSR count). The monoisotopic (exact) mass is 562 g/mol. The minimum Gasteiger partial charge on any atom is -0.507 e. The second-order valence-electron chi connectivity index (χ2n) is 9.95. The molecule has 0 aliphatic carbocycles. The summed E-state index contributed by atoms with van der Waals surface area (Å²) in [6.45, 7) is 12.1. The highest BCUT2D eigenvalue weighted by atomic mass is 32.1. The van der Waals surface area contributed by atoms with Gasteiger partial charge in [-0.2, -0.15) is 0 Å². The van der Waals surface area contributed by atoms with Crippen LogP contribution < -0.4 is 9.64 Å². The highest BCUT2D eigenvalue weighted by molar-refractivity contribution is 7.17. The Labute approximate surface area is 238 Å². The summed E-state index contributed by atoms with van der Waals surface area (Å²) in [5.41, 5.74) is 3.26. The summed E-state index contributed by atoms with van der Waals surface area (Å²) in [6, 6.07) is 11.8. The van der Waals surface area contributed by atoms with Crippen LogP contribution in [0.5, 0.6) is 5.75 Å². The maximum Gasteiger partial charge on any atom is 0.350 e. The molecule has 1 amide bonds. The lowest BCUT2D eigenvalue weighted by molar-refractivity contribution is -0.132. The number of aromatic nitrogens is 1. The topological polar surface area (TPSA) is 106 Å². The van der Waals surface area contributed by atoms with Crippen molar-refractivity contribution in [2.75, 3.05) is 18.1 Å². The van der Waals surface area contributed by atoms with Crippen LogP contribution in [-0.4, -0.2) is 41.0 Å². The molecule has 1 atom stereocenters. The van der Waals surface area contributed by atoms with E-state index in [1.807, 2.05) is 38.1 Å². The summed E-state index contributed by atoms with van der Waals surface area (Å²) in [5, 5.41) is 11.7. The van der Waals surface area contributed by atoms with E-state index < -0.39 is 23.7 Å². The normalized spacial score (nSPS) is 16.6. The fourth-order valence-electron chi connectivity index (χ4n) is 4.61. The number of nitrogens with zero attached hydrogens (tertiary/aromatic N) is 2. The summed E-state index contributed by atoms with van der Waals surface area (Å²) in [5.74, 6) is -1.52. The number of aliphatic hydroxyl groups is 1. The van der Waals surface area contributed by atoms with Gasteiger partial charge in [-0.3, -0.25) is 14.5 Å². The van der Waals surface area contributed by atoms with Gasteiger partial charge in [0.15, 0.2) is 5.13 Å². The molecule has 0 saturated carbocycles. The summed E-state index contributed by atoms with van der Waals surface area (Å²) in [7, 11) is 0. The zero-order valence-corrected chi connectivity index (χ0v) is 24.4. The van der Waals surface area contributed by atoms with Gasteiger partial charge in [-0.15, -0.1) is 0 Å². The van der Waals surface area contributed by atoms with E-state index in [2.05, 4.69) is 18.8 Å². The van der Waals surface area contributed by atoms with Gasteiger partial charge in [0.25, 0.3) is 5.78 Å². The number of aryl methyl sites for hydroxylation is 2. The fraction of sp³-hybridized carbons (Fsp3) is 0.355. The predicted molar refractivity (Wildman–Crippen MR) is 155 cm³/mol. The van der Waals surface area contributed by atoms with E-state index in [-0.39, 0.29) is 33.9 Å². The minimum absolute atomic E-state index is 0.0468.